The Balaban J connectivity index is 2.17. The maximum atomic E-state index is 12.1. The van der Waals surface area contributed by atoms with Crippen molar-refractivity contribution in [3.8, 4) is 11.5 Å². The van der Waals surface area contributed by atoms with E-state index in [-0.39, 0.29) is 12.0 Å². The van der Waals surface area contributed by atoms with Gasteiger partial charge in [-0.15, -0.1) is 0 Å². The summed E-state index contributed by atoms with van der Waals surface area (Å²) in [5.74, 6) is 0.909. The Morgan fingerprint density at radius 1 is 1.21 bits per heavy atom. The molecule has 0 spiro atoms. The minimum Gasteiger partial charge on any atom is -0.493 e. The molecule has 6 heteroatoms. The number of nitrogens with zero attached hydrogens (tertiary/aromatic N) is 1. The molecule has 2 aromatic carbocycles. The highest BCUT2D eigenvalue weighted by Crippen LogP contribution is 2.30. The molecule has 0 bridgehead atoms. The number of carbonyl (C=O) groups excluding carboxylic acids is 1. The zero-order valence-electron chi connectivity index (χ0n) is 13.7. The highest BCUT2D eigenvalue weighted by molar-refractivity contribution is 9.10. The number of hydrogen-bond donors (Lipinski definition) is 1. The van der Waals surface area contributed by atoms with Gasteiger partial charge in [0.1, 0.15) is 0 Å². The third kappa shape index (κ3) is 4.58. The Hall–Kier alpha value is -2.34. The first-order valence-corrected chi connectivity index (χ1v) is 8.23. The summed E-state index contributed by atoms with van der Waals surface area (Å²) >= 11 is 3.34. The van der Waals surface area contributed by atoms with E-state index in [1.54, 1.807) is 25.3 Å². The highest BCUT2D eigenvalue weighted by Gasteiger charge is 2.11. The van der Waals surface area contributed by atoms with Crippen molar-refractivity contribution in [2.75, 3.05) is 7.11 Å². The topological polar surface area (TPSA) is 59.9 Å². The van der Waals surface area contributed by atoms with Crippen LogP contribution >= 0.6 is 15.9 Å². The molecular weight excluding hydrogens is 372 g/mol. The number of benzene rings is 2. The van der Waals surface area contributed by atoms with Crippen molar-refractivity contribution >= 4 is 28.1 Å². The first-order chi connectivity index (χ1) is 11.5. The number of nitrogens with one attached hydrogen (secondary N) is 1. The molecule has 0 saturated carbocycles. The lowest BCUT2D eigenvalue weighted by molar-refractivity contribution is 0.0954. The minimum atomic E-state index is -0.298. The second kappa shape index (κ2) is 8.49. The summed E-state index contributed by atoms with van der Waals surface area (Å²) in [5, 5.41) is 4.02. The van der Waals surface area contributed by atoms with Crippen molar-refractivity contribution in [1.29, 1.82) is 0 Å². The van der Waals surface area contributed by atoms with Crippen LogP contribution in [0.1, 0.15) is 29.8 Å². The zero-order chi connectivity index (χ0) is 17.5. The van der Waals surface area contributed by atoms with Crippen LogP contribution in [0.15, 0.2) is 52.0 Å². The monoisotopic (exact) mass is 390 g/mol. The normalized spacial score (nSPS) is 10.9. The molecule has 0 fully saturated rings. The summed E-state index contributed by atoms with van der Waals surface area (Å²) in [5.41, 5.74) is 3.74. The number of carbonyl (C=O) groups is 1. The van der Waals surface area contributed by atoms with Crippen molar-refractivity contribution in [3.63, 3.8) is 0 Å². The Kier molecular flexibility index (Phi) is 6.37. The van der Waals surface area contributed by atoms with E-state index < -0.39 is 0 Å². The van der Waals surface area contributed by atoms with Crippen LogP contribution in [0, 0.1) is 0 Å². The molecule has 24 heavy (non-hydrogen) atoms. The predicted molar refractivity (Wildman–Crippen MR) is 98.0 cm³/mol. The average molecular weight is 391 g/mol. The van der Waals surface area contributed by atoms with Crippen molar-refractivity contribution < 1.29 is 14.3 Å². The van der Waals surface area contributed by atoms with Gasteiger partial charge in [-0.05, 0) is 54.0 Å². The fourth-order valence-corrected chi connectivity index (χ4v) is 2.49. The molecule has 0 unspecified atom stereocenters. The van der Waals surface area contributed by atoms with Gasteiger partial charge in [-0.3, -0.25) is 4.79 Å². The molecule has 0 saturated heterocycles. The Morgan fingerprint density at radius 2 is 1.96 bits per heavy atom. The van der Waals surface area contributed by atoms with Gasteiger partial charge in [0.25, 0.3) is 5.91 Å². The summed E-state index contributed by atoms with van der Waals surface area (Å²) in [6, 6.07) is 12.6. The van der Waals surface area contributed by atoms with Gasteiger partial charge in [-0.25, -0.2) is 5.43 Å². The fourth-order valence-electron chi connectivity index (χ4n) is 2.02. The summed E-state index contributed by atoms with van der Waals surface area (Å²) in [7, 11) is 1.58. The van der Waals surface area contributed by atoms with E-state index in [9.17, 15) is 4.79 Å². The second-order valence-corrected chi connectivity index (χ2v) is 6.08. The Labute approximate surface area is 149 Å². The van der Waals surface area contributed by atoms with Crippen molar-refractivity contribution in [3.05, 3.63) is 58.1 Å². The van der Waals surface area contributed by atoms with Crippen molar-refractivity contribution in [2.45, 2.75) is 20.0 Å². The predicted octanol–water partition coefficient (Wildman–Crippen LogP) is 4.01. The maximum Gasteiger partial charge on any atom is 0.272 e. The lowest BCUT2D eigenvalue weighted by Gasteiger charge is -2.15. The van der Waals surface area contributed by atoms with E-state index in [0.29, 0.717) is 21.5 Å². The molecule has 0 aliphatic rings. The smallest absolute Gasteiger partial charge is 0.272 e. The number of hydrazone groups is 1. The van der Waals surface area contributed by atoms with Crippen LogP contribution in [-0.4, -0.2) is 25.3 Å². The van der Waals surface area contributed by atoms with Crippen LogP contribution in [0.25, 0.3) is 0 Å². The first kappa shape index (κ1) is 18.0. The molecule has 126 valence electrons. The van der Waals surface area contributed by atoms with Crippen LogP contribution < -0.4 is 14.9 Å². The number of rotatable bonds is 6. The Morgan fingerprint density at radius 3 is 2.62 bits per heavy atom. The van der Waals surface area contributed by atoms with Gasteiger partial charge >= 0.3 is 0 Å². The summed E-state index contributed by atoms with van der Waals surface area (Å²) in [6.45, 7) is 3.87. The molecule has 1 amide bonds. The molecule has 1 N–H and O–H groups in total. The molecular formula is C18H19BrN2O3. The molecule has 0 heterocycles. The number of para-hydroxylation sites is 1. The van der Waals surface area contributed by atoms with Gasteiger partial charge in [-0.2, -0.15) is 5.10 Å². The van der Waals surface area contributed by atoms with E-state index >= 15 is 0 Å². The van der Waals surface area contributed by atoms with Crippen molar-refractivity contribution in [2.24, 2.45) is 5.10 Å². The molecule has 2 rings (SSSR count). The summed E-state index contributed by atoms with van der Waals surface area (Å²) in [6.07, 6.45) is 1.53. The van der Waals surface area contributed by atoms with Crippen LogP contribution in [0.3, 0.4) is 0 Å². The first-order valence-electron chi connectivity index (χ1n) is 7.44. The van der Waals surface area contributed by atoms with Crippen LogP contribution in [0.5, 0.6) is 11.5 Å². The molecule has 0 radical (unpaired) electrons. The van der Waals surface area contributed by atoms with E-state index in [2.05, 4.69) is 26.5 Å². The number of amides is 1. The maximum absolute atomic E-state index is 12.1. The number of methoxy groups -OCH3 is 1. The highest BCUT2D eigenvalue weighted by atomic mass is 79.9. The lowest BCUT2D eigenvalue weighted by Crippen LogP contribution is -2.18. The molecule has 0 aliphatic carbocycles. The van der Waals surface area contributed by atoms with E-state index in [1.807, 2.05) is 38.1 Å². The molecule has 0 aromatic heterocycles. The molecule has 0 atom stereocenters. The molecule has 2 aromatic rings. The van der Waals surface area contributed by atoms with E-state index in [0.717, 1.165) is 5.56 Å². The largest absolute Gasteiger partial charge is 0.493 e. The van der Waals surface area contributed by atoms with Gasteiger partial charge in [-0.1, -0.05) is 18.2 Å². The number of hydrogen-bond acceptors (Lipinski definition) is 4. The third-order valence-electron chi connectivity index (χ3n) is 3.07. The van der Waals surface area contributed by atoms with Crippen LogP contribution in [-0.2, 0) is 0 Å². The fraction of sp³-hybridized carbons (Fsp3) is 0.222. The van der Waals surface area contributed by atoms with Crippen molar-refractivity contribution in [1.82, 2.24) is 5.43 Å². The van der Waals surface area contributed by atoms with Gasteiger partial charge < -0.3 is 9.47 Å². The van der Waals surface area contributed by atoms with Gasteiger partial charge in [0.15, 0.2) is 11.5 Å². The number of halogens is 1. The molecule has 0 aliphatic heterocycles. The third-order valence-corrected chi connectivity index (χ3v) is 3.76. The van der Waals surface area contributed by atoms with Gasteiger partial charge in [0.05, 0.1) is 25.0 Å². The molecule has 5 nitrogen and oxygen atoms in total. The summed E-state index contributed by atoms with van der Waals surface area (Å²) < 4.78 is 11.8. The van der Waals surface area contributed by atoms with E-state index in [4.69, 9.17) is 9.47 Å². The number of ether oxygens (including phenoxy) is 2. The summed E-state index contributed by atoms with van der Waals surface area (Å²) in [4.78, 5) is 12.1. The van der Waals surface area contributed by atoms with Crippen LogP contribution in [0.2, 0.25) is 0 Å². The SMILES string of the molecule is COc1cccc(/C=N\NC(=O)c2ccccc2Br)c1OC(C)C. The van der Waals surface area contributed by atoms with Gasteiger partial charge in [0.2, 0.25) is 0 Å². The second-order valence-electron chi connectivity index (χ2n) is 5.22. The zero-order valence-corrected chi connectivity index (χ0v) is 15.3. The van der Waals surface area contributed by atoms with Crippen LogP contribution in [0.4, 0.5) is 0 Å². The quantitative estimate of drug-likeness (QED) is 0.598. The van der Waals surface area contributed by atoms with Gasteiger partial charge in [0, 0.05) is 10.0 Å². The Bertz CT molecular complexity index is 745. The van der Waals surface area contributed by atoms with E-state index in [1.165, 1.54) is 6.21 Å². The lowest BCUT2D eigenvalue weighted by atomic mass is 10.2. The average Bonchev–Trinajstić information content (AvgIpc) is 2.56. The standard InChI is InChI=1S/C18H19BrN2O3/c1-12(2)24-17-13(7-6-10-16(17)23-3)11-20-21-18(22)14-8-4-5-9-15(14)19/h4-12H,1-3H3,(H,21,22)/b20-11-. The minimum absolute atomic E-state index is 0.0108.